The Bertz CT molecular complexity index is 1690. The summed E-state index contributed by atoms with van der Waals surface area (Å²) in [4.78, 5) is 25.9. The molecule has 5 rings (SSSR count). The molecule has 3 heterocycles. The largest absolute Gasteiger partial charge is 0.494 e. The number of methoxy groups -OCH3 is 1. The van der Waals surface area contributed by atoms with Gasteiger partial charge < -0.3 is 30.5 Å². The van der Waals surface area contributed by atoms with E-state index >= 15 is 0 Å². The number of nitrogens with zero attached hydrogens (tertiary/aromatic N) is 5. The molecule has 0 atom stereocenters. The lowest BCUT2D eigenvalue weighted by molar-refractivity contribution is -0.111. The quantitative estimate of drug-likeness (QED) is 0.257. The third-order valence-electron chi connectivity index (χ3n) is 8.12. The first kappa shape index (κ1) is 32.3. The van der Waals surface area contributed by atoms with Gasteiger partial charge in [-0.15, -0.1) is 0 Å². The van der Waals surface area contributed by atoms with Gasteiger partial charge >= 0.3 is 0 Å². The van der Waals surface area contributed by atoms with Crippen LogP contribution in [0.3, 0.4) is 0 Å². The molecule has 1 aromatic heterocycles. The summed E-state index contributed by atoms with van der Waals surface area (Å²) in [6.45, 7) is 5.64. The number of nitrogens with one attached hydrogen (secondary N) is 3. The number of fused-ring (bicyclic) bond motifs is 1. The summed E-state index contributed by atoms with van der Waals surface area (Å²) in [7, 11) is 2.27. The fraction of sp³-hybridized carbons (Fsp3) is 0.387. The first-order valence-corrected chi connectivity index (χ1v) is 16.9. The van der Waals surface area contributed by atoms with Gasteiger partial charge in [0.2, 0.25) is 21.9 Å². The van der Waals surface area contributed by atoms with Gasteiger partial charge in [0, 0.05) is 31.7 Å². The van der Waals surface area contributed by atoms with Crippen LogP contribution in [0.1, 0.15) is 24.8 Å². The monoisotopic (exact) mass is 654 g/mol. The number of rotatable bonds is 10. The molecule has 1 fully saturated rings. The summed E-state index contributed by atoms with van der Waals surface area (Å²) in [5.41, 5.74) is 4.04. The first-order chi connectivity index (χ1) is 21.5. The Morgan fingerprint density at radius 3 is 2.56 bits per heavy atom. The van der Waals surface area contributed by atoms with Gasteiger partial charge in [0.25, 0.3) is 0 Å². The third-order valence-corrected chi connectivity index (χ3v) is 9.56. The number of hydrogen-bond donors (Lipinski definition) is 3. The molecule has 0 unspecified atom stereocenters. The molecule has 45 heavy (non-hydrogen) atoms. The van der Waals surface area contributed by atoms with Crippen LogP contribution in [0.2, 0.25) is 5.02 Å². The molecule has 1 amide bonds. The number of aryl methyl sites for hydroxylation is 1. The normalized spacial score (nSPS) is 15.4. The molecule has 0 bridgehead atoms. The van der Waals surface area contributed by atoms with Crippen molar-refractivity contribution in [2.24, 2.45) is 0 Å². The minimum atomic E-state index is -3.49. The van der Waals surface area contributed by atoms with E-state index in [1.165, 1.54) is 22.8 Å². The highest BCUT2D eigenvalue weighted by atomic mass is 35.5. The number of amides is 1. The number of ether oxygens (including phenoxy) is 1. The molecule has 2 aliphatic heterocycles. The number of para-hydroxylation sites is 1. The fourth-order valence-corrected chi connectivity index (χ4v) is 6.96. The molecule has 14 heteroatoms. The molecule has 0 radical (unpaired) electrons. The van der Waals surface area contributed by atoms with Crippen molar-refractivity contribution in [3.63, 3.8) is 0 Å². The minimum Gasteiger partial charge on any atom is -0.494 e. The van der Waals surface area contributed by atoms with E-state index in [0.29, 0.717) is 46.9 Å². The van der Waals surface area contributed by atoms with E-state index in [0.717, 1.165) is 50.0 Å². The predicted octanol–water partition coefficient (Wildman–Crippen LogP) is 4.99. The van der Waals surface area contributed by atoms with Crippen LogP contribution < -0.4 is 29.9 Å². The second-order valence-corrected chi connectivity index (χ2v) is 13.7. The predicted molar refractivity (Wildman–Crippen MR) is 181 cm³/mol. The molecule has 2 aliphatic rings. The zero-order chi connectivity index (χ0) is 32.3. The zero-order valence-electron chi connectivity index (χ0n) is 25.9. The third kappa shape index (κ3) is 7.26. The Morgan fingerprint density at radius 2 is 1.89 bits per heavy atom. The average molecular weight is 655 g/mol. The molecule has 0 aliphatic carbocycles. The molecule has 0 spiro atoms. The highest BCUT2D eigenvalue weighted by Crippen LogP contribution is 2.41. The number of carbonyl (C=O) groups excluding carboxylic acids is 1. The van der Waals surface area contributed by atoms with E-state index in [-0.39, 0.29) is 16.9 Å². The maximum atomic E-state index is 12.6. The van der Waals surface area contributed by atoms with Crippen LogP contribution in [0.5, 0.6) is 5.75 Å². The van der Waals surface area contributed by atoms with Gasteiger partial charge in [-0.3, -0.25) is 9.10 Å². The van der Waals surface area contributed by atoms with Crippen molar-refractivity contribution < 1.29 is 17.9 Å². The van der Waals surface area contributed by atoms with E-state index < -0.39 is 10.0 Å². The maximum absolute atomic E-state index is 12.6. The van der Waals surface area contributed by atoms with Crippen molar-refractivity contribution in [3.05, 3.63) is 59.8 Å². The molecule has 240 valence electrons. The number of piperidine rings is 1. The number of benzene rings is 2. The van der Waals surface area contributed by atoms with Crippen LogP contribution in [0.4, 0.5) is 40.2 Å². The van der Waals surface area contributed by atoms with Crippen LogP contribution in [0.25, 0.3) is 0 Å². The Hall–Kier alpha value is -4.07. The Kier molecular flexibility index (Phi) is 9.70. The summed E-state index contributed by atoms with van der Waals surface area (Å²) in [5.74, 6) is 0.705. The van der Waals surface area contributed by atoms with Crippen molar-refractivity contribution in [1.82, 2.24) is 14.9 Å². The summed E-state index contributed by atoms with van der Waals surface area (Å²) in [6, 6.07) is 9.77. The Labute approximate surface area is 269 Å². The highest BCUT2D eigenvalue weighted by molar-refractivity contribution is 7.92. The number of aromatic nitrogens is 2. The smallest absolute Gasteiger partial charge is 0.247 e. The zero-order valence-corrected chi connectivity index (χ0v) is 27.5. The van der Waals surface area contributed by atoms with Gasteiger partial charge in [-0.2, -0.15) is 4.98 Å². The average Bonchev–Trinajstić information content (AvgIpc) is 3.02. The van der Waals surface area contributed by atoms with Crippen LogP contribution in [-0.4, -0.2) is 82.3 Å². The lowest BCUT2D eigenvalue weighted by Gasteiger charge is -2.37. The van der Waals surface area contributed by atoms with Gasteiger partial charge in [-0.25, -0.2) is 13.4 Å². The van der Waals surface area contributed by atoms with Crippen molar-refractivity contribution in [2.45, 2.75) is 31.7 Å². The SMILES string of the molecule is C=CC(=O)Nc1cc(Nc2ncc(Cl)c(Nc3cccc4c3N(S(C)(=O)=O)CCC4)n2)c(OC)cc1N1CCC(N(C)C)CC1. The van der Waals surface area contributed by atoms with E-state index in [9.17, 15) is 13.2 Å². The number of anilines is 7. The Balaban J connectivity index is 1.46. The molecule has 3 N–H and O–H groups in total. The number of carbonyl (C=O) groups is 1. The van der Waals surface area contributed by atoms with E-state index in [1.54, 1.807) is 19.2 Å². The van der Waals surface area contributed by atoms with E-state index in [1.807, 2.05) is 18.2 Å². The van der Waals surface area contributed by atoms with Gasteiger partial charge in [0.1, 0.15) is 10.8 Å². The second-order valence-electron chi connectivity index (χ2n) is 11.3. The molecule has 1 saturated heterocycles. The van der Waals surface area contributed by atoms with Crippen LogP contribution in [-0.2, 0) is 21.2 Å². The van der Waals surface area contributed by atoms with Gasteiger partial charge in [-0.05, 0) is 63.6 Å². The Morgan fingerprint density at radius 1 is 1.13 bits per heavy atom. The van der Waals surface area contributed by atoms with Gasteiger partial charge in [0.05, 0.1) is 48.0 Å². The molecular weight excluding hydrogens is 616 g/mol. The molecule has 12 nitrogen and oxygen atoms in total. The summed E-state index contributed by atoms with van der Waals surface area (Å²) in [6.07, 6.45) is 7.36. The number of halogens is 1. The molecule has 0 saturated carbocycles. The van der Waals surface area contributed by atoms with Crippen molar-refractivity contribution in [1.29, 1.82) is 0 Å². The van der Waals surface area contributed by atoms with Crippen LogP contribution in [0.15, 0.2) is 49.2 Å². The summed E-state index contributed by atoms with van der Waals surface area (Å²) < 4.78 is 32.4. The maximum Gasteiger partial charge on any atom is 0.247 e. The first-order valence-electron chi connectivity index (χ1n) is 14.7. The minimum absolute atomic E-state index is 0.213. The van der Waals surface area contributed by atoms with E-state index in [4.69, 9.17) is 16.3 Å². The summed E-state index contributed by atoms with van der Waals surface area (Å²) in [5, 5.41) is 9.62. The number of sulfonamides is 1. The van der Waals surface area contributed by atoms with Gasteiger partial charge in [0.15, 0.2) is 5.82 Å². The standard InChI is InChI=1S/C31H39ClN8O4S/c1-6-28(41)34-24-17-25(27(44-4)18-26(24)39-15-12-21(13-16-39)38(2)3)36-31-33-19-22(32)30(37-31)35-23-11-7-9-20-10-8-14-40(29(20)23)45(5,42)43/h6-7,9,11,17-19,21H,1,8,10,12-16H2,2-5H3,(H,34,41)(H2,33,35,36,37). The topological polar surface area (TPSA) is 132 Å². The van der Waals surface area contributed by atoms with Crippen LogP contribution in [0, 0.1) is 0 Å². The van der Waals surface area contributed by atoms with Crippen molar-refractivity contribution in [3.8, 4) is 5.75 Å². The van der Waals surface area contributed by atoms with E-state index in [2.05, 4.69) is 56.4 Å². The van der Waals surface area contributed by atoms with Crippen LogP contribution >= 0.6 is 11.6 Å². The van der Waals surface area contributed by atoms with Gasteiger partial charge in [-0.1, -0.05) is 30.3 Å². The fourth-order valence-electron chi connectivity index (χ4n) is 5.81. The molecular formula is C31H39ClN8O4S. The second kappa shape index (κ2) is 13.5. The van der Waals surface area contributed by atoms with Crippen molar-refractivity contribution >= 4 is 67.7 Å². The summed E-state index contributed by atoms with van der Waals surface area (Å²) >= 11 is 6.51. The lowest BCUT2D eigenvalue weighted by atomic mass is 10.0. The lowest BCUT2D eigenvalue weighted by Crippen LogP contribution is -2.42. The van der Waals surface area contributed by atoms with Crippen molar-refractivity contribution in [2.75, 3.05) is 72.3 Å². The molecule has 3 aromatic rings. The molecule has 2 aromatic carbocycles. The number of hydrogen-bond acceptors (Lipinski definition) is 10. The highest BCUT2D eigenvalue weighted by Gasteiger charge is 2.28.